The van der Waals surface area contributed by atoms with Gasteiger partial charge in [0.2, 0.25) is 0 Å². The van der Waals surface area contributed by atoms with Crippen LogP contribution in [0, 0.1) is 0 Å². The Bertz CT molecular complexity index is 404. The summed E-state index contributed by atoms with van der Waals surface area (Å²) in [7, 11) is 0. The highest BCUT2D eigenvalue weighted by molar-refractivity contribution is 5.78. The Hall–Kier alpha value is -1.55. The number of hydrogen-bond donors (Lipinski definition) is 2. The molecule has 1 atom stereocenters. The monoisotopic (exact) mass is 263 g/mol. The minimum Gasteiger partial charge on any atom is -0.377 e. The number of aliphatic imine (C=N–C) groups is 1. The van der Waals surface area contributed by atoms with Crippen molar-refractivity contribution in [3.05, 3.63) is 35.4 Å². The Morgan fingerprint density at radius 1 is 1.32 bits per heavy atom. The van der Waals surface area contributed by atoms with E-state index in [9.17, 15) is 0 Å². The maximum atomic E-state index is 5.86. The van der Waals surface area contributed by atoms with Crippen LogP contribution in [0.3, 0.4) is 0 Å². The quantitative estimate of drug-likeness (QED) is 0.586. The van der Waals surface area contributed by atoms with E-state index < -0.39 is 0 Å². The summed E-state index contributed by atoms with van der Waals surface area (Å²) in [6, 6.07) is 8.51. The summed E-state index contributed by atoms with van der Waals surface area (Å²) in [6.45, 7) is 8.12. The van der Waals surface area contributed by atoms with Gasteiger partial charge in [0.05, 0.1) is 13.2 Å². The van der Waals surface area contributed by atoms with E-state index in [1.807, 2.05) is 19.1 Å². The van der Waals surface area contributed by atoms with Crippen molar-refractivity contribution < 1.29 is 4.74 Å². The maximum absolute atomic E-state index is 5.86. The summed E-state index contributed by atoms with van der Waals surface area (Å²) in [5.41, 5.74) is 8.18. The standard InChI is InChI=1S/C15H25N3O/c1-4-12(3)18-15(16)17-10-13-8-6-7-9-14(13)11-19-5-2/h6-9,12H,4-5,10-11H2,1-3H3,(H3,16,17,18). The van der Waals surface area contributed by atoms with Gasteiger partial charge in [-0.15, -0.1) is 0 Å². The second-order valence-electron chi connectivity index (χ2n) is 4.56. The Balaban J connectivity index is 2.63. The zero-order chi connectivity index (χ0) is 14.1. The third-order valence-electron chi connectivity index (χ3n) is 3.01. The van der Waals surface area contributed by atoms with Crippen molar-refractivity contribution in [3.8, 4) is 0 Å². The molecule has 0 heterocycles. The number of benzene rings is 1. The van der Waals surface area contributed by atoms with E-state index in [1.54, 1.807) is 0 Å². The van der Waals surface area contributed by atoms with Crippen LogP contribution < -0.4 is 11.1 Å². The fourth-order valence-electron chi connectivity index (χ4n) is 1.64. The molecule has 1 rings (SSSR count). The van der Waals surface area contributed by atoms with Gasteiger partial charge in [0.25, 0.3) is 0 Å². The fraction of sp³-hybridized carbons (Fsp3) is 0.533. The van der Waals surface area contributed by atoms with Gasteiger partial charge in [-0.1, -0.05) is 31.2 Å². The van der Waals surface area contributed by atoms with Gasteiger partial charge >= 0.3 is 0 Å². The number of hydrogen-bond acceptors (Lipinski definition) is 2. The van der Waals surface area contributed by atoms with Crippen LogP contribution in [0.5, 0.6) is 0 Å². The first-order valence-electron chi connectivity index (χ1n) is 6.88. The van der Waals surface area contributed by atoms with Crippen LogP contribution in [-0.2, 0) is 17.9 Å². The van der Waals surface area contributed by atoms with Crippen LogP contribution in [0.15, 0.2) is 29.3 Å². The molecule has 1 aromatic rings. The summed E-state index contributed by atoms with van der Waals surface area (Å²) < 4.78 is 5.45. The smallest absolute Gasteiger partial charge is 0.189 e. The second-order valence-corrected chi connectivity index (χ2v) is 4.56. The van der Waals surface area contributed by atoms with Gasteiger partial charge < -0.3 is 15.8 Å². The third kappa shape index (κ3) is 5.75. The highest BCUT2D eigenvalue weighted by atomic mass is 16.5. The first kappa shape index (κ1) is 15.5. The lowest BCUT2D eigenvalue weighted by molar-refractivity contribution is 0.133. The topological polar surface area (TPSA) is 59.6 Å². The Kier molecular flexibility index (Phi) is 6.97. The van der Waals surface area contributed by atoms with Gasteiger partial charge in [0.15, 0.2) is 5.96 Å². The molecule has 0 amide bonds. The molecule has 0 aliphatic heterocycles. The Morgan fingerprint density at radius 3 is 2.63 bits per heavy atom. The SMILES string of the molecule is CCOCc1ccccc1CN=C(N)NC(C)CC. The average molecular weight is 263 g/mol. The van der Waals surface area contributed by atoms with E-state index in [4.69, 9.17) is 10.5 Å². The van der Waals surface area contributed by atoms with Crippen molar-refractivity contribution in [3.63, 3.8) is 0 Å². The zero-order valence-corrected chi connectivity index (χ0v) is 12.1. The van der Waals surface area contributed by atoms with Gasteiger partial charge in [0, 0.05) is 12.6 Å². The molecule has 0 spiro atoms. The first-order valence-corrected chi connectivity index (χ1v) is 6.88. The van der Waals surface area contributed by atoms with Crippen molar-refractivity contribution in [1.82, 2.24) is 5.32 Å². The molecule has 0 aliphatic rings. The number of rotatable bonds is 7. The molecular weight excluding hydrogens is 238 g/mol. The lowest BCUT2D eigenvalue weighted by Crippen LogP contribution is -2.38. The number of nitrogens with zero attached hydrogens (tertiary/aromatic N) is 1. The number of nitrogens with two attached hydrogens (primary N) is 1. The molecule has 106 valence electrons. The minimum atomic E-state index is 0.349. The van der Waals surface area contributed by atoms with Crippen LogP contribution in [0.2, 0.25) is 0 Å². The third-order valence-corrected chi connectivity index (χ3v) is 3.01. The molecule has 0 radical (unpaired) electrons. The van der Waals surface area contributed by atoms with Gasteiger partial charge in [-0.2, -0.15) is 0 Å². The van der Waals surface area contributed by atoms with E-state index >= 15 is 0 Å². The van der Waals surface area contributed by atoms with Crippen molar-refractivity contribution in [2.45, 2.75) is 46.4 Å². The molecule has 0 aliphatic carbocycles. The lowest BCUT2D eigenvalue weighted by Gasteiger charge is -2.12. The molecule has 0 saturated carbocycles. The Morgan fingerprint density at radius 2 is 2.00 bits per heavy atom. The van der Waals surface area contributed by atoms with Crippen LogP contribution in [-0.4, -0.2) is 18.6 Å². The van der Waals surface area contributed by atoms with Crippen LogP contribution in [0.25, 0.3) is 0 Å². The van der Waals surface area contributed by atoms with Gasteiger partial charge in [-0.05, 0) is 31.4 Å². The van der Waals surface area contributed by atoms with Crippen molar-refractivity contribution in [1.29, 1.82) is 0 Å². The van der Waals surface area contributed by atoms with Crippen molar-refractivity contribution in [2.24, 2.45) is 10.7 Å². The van der Waals surface area contributed by atoms with Crippen LogP contribution in [0.4, 0.5) is 0 Å². The predicted octanol–water partition coefficient (Wildman–Crippen LogP) is 2.43. The number of nitrogens with one attached hydrogen (secondary N) is 1. The van der Waals surface area contributed by atoms with Gasteiger partial charge in [0.1, 0.15) is 0 Å². The molecule has 0 bridgehead atoms. The maximum Gasteiger partial charge on any atom is 0.189 e. The predicted molar refractivity (Wildman–Crippen MR) is 80.0 cm³/mol. The van der Waals surface area contributed by atoms with Crippen molar-refractivity contribution in [2.75, 3.05) is 6.61 Å². The van der Waals surface area contributed by atoms with E-state index in [-0.39, 0.29) is 0 Å². The number of ether oxygens (including phenoxy) is 1. The highest BCUT2D eigenvalue weighted by Crippen LogP contribution is 2.11. The fourth-order valence-corrected chi connectivity index (χ4v) is 1.64. The molecule has 1 aromatic carbocycles. The number of guanidine groups is 1. The average Bonchev–Trinajstić information content (AvgIpc) is 2.43. The van der Waals surface area contributed by atoms with E-state index in [1.165, 1.54) is 5.56 Å². The summed E-state index contributed by atoms with van der Waals surface area (Å²) >= 11 is 0. The van der Waals surface area contributed by atoms with Crippen molar-refractivity contribution >= 4 is 5.96 Å². The summed E-state index contributed by atoms with van der Waals surface area (Å²) in [5.74, 6) is 0.501. The van der Waals surface area contributed by atoms with Gasteiger partial charge in [-0.3, -0.25) is 0 Å². The van der Waals surface area contributed by atoms with Crippen LogP contribution >= 0.6 is 0 Å². The molecule has 1 unspecified atom stereocenters. The zero-order valence-electron chi connectivity index (χ0n) is 12.1. The van der Waals surface area contributed by atoms with Crippen LogP contribution in [0.1, 0.15) is 38.3 Å². The molecule has 3 N–H and O–H groups in total. The van der Waals surface area contributed by atoms with Gasteiger partial charge in [-0.25, -0.2) is 4.99 Å². The molecule has 19 heavy (non-hydrogen) atoms. The van der Waals surface area contributed by atoms with E-state index in [2.05, 4.69) is 36.3 Å². The summed E-state index contributed by atoms with van der Waals surface area (Å²) in [5, 5.41) is 3.16. The summed E-state index contributed by atoms with van der Waals surface area (Å²) in [4.78, 5) is 4.38. The molecule has 0 fully saturated rings. The second kappa shape index (κ2) is 8.53. The molecule has 4 heteroatoms. The minimum absolute atomic E-state index is 0.349. The largest absolute Gasteiger partial charge is 0.377 e. The van der Waals surface area contributed by atoms with E-state index in [0.29, 0.717) is 25.2 Å². The normalized spacial score (nSPS) is 13.3. The molecule has 0 aromatic heterocycles. The molecular formula is C15H25N3O. The highest BCUT2D eigenvalue weighted by Gasteiger charge is 2.02. The van der Waals surface area contributed by atoms with E-state index in [0.717, 1.165) is 18.6 Å². The lowest BCUT2D eigenvalue weighted by atomic mass is 10.1. The molecule has 0 saturated heterocycles. The Labute approximate surface area is 116 Å². The first-order chi connectivity index (χ1) is 9.17. The summed E-state index contributed by atoms with van der Waals surface area (Å²) in [6.07, 6.45) is 1.02. The molecule has 4 nitrogen and oxygen atoms in total.